The van der Waals surface area contributed by atoms with Crippen molar-refractivity contribution < 1.29 is 0 Å². The van der Waals surface area contributed by atoms with Crippen LogP contribution < -0.4 is 11.3 Å². The lowest BCUT2D eigenvalue weighted by molar-refractivity contribution is 0.742. The Morgan fingerprint density at radius 1 is 1.29 bits per heavy atom. The Morgan fingerprint density at radius 2 is 2.14 bits per heavy atom. The molecule has 0 aliphatic heterocycles. The van der Waals surface area contributed by atoms with Gasteiger partial charge in [-0.15, -0.1) is 0 Å². The van der Waals surface area contributed by atoms with Crippen LogP contribution in [-0.2, 0) is 6.54 Å². The Balaban J connectivity index is 2.50. The third-order valence-electron chi connectivity index (χ3n) is 2.20. The molecule has 0 radical (unpaired) electrons. The van der Waals surface area contributed by atoms with E-state index in [1.54, 1.807) is 0 Å². The quantitative estimate of drug-likeness (QED) is 0.553. The minimum Gasteiger partial charge on any atom is -0.271 e. The fourth-order valence-electron chi connectivity index (χ4n) is 1.50. The van der Waals surface area contributed by atoms with Gasteiger partial charge in [0.15, 0.2) is 0 Å². The van der Waals surface area contributed by atoms with Crippen molar-refractivity contribution in [3.05, 3.63) is 41.6 Å². The minimum absolute atomic E-state index is 0.684. The van der Waals surface area contributed by atoms with Gasteiger partial charge >= 0.3 is 0 Å². The van der Waals surface area contributed by atoms with Crippen molar-refractivity contribution in [2.45, 2.75) is 13.5 Å². The van der Waals surface area contributed by atoms with E-state index in [0.717, 1.165) is 16.6 Å². The maximum atomic E-state index is 5.26. The van der Waals surface area contributed by atoms with Crippen molar-refractivity contribution in [2.75, 3.05) is 0 Å². The molecule has 0 saturated carbocycles. The van der Waals surface area contributed by atoms with Crippen LogP contribution in [0.5, 0.6) is 0 Å². The van der Waals surface area contributed by atoms with E-state index in [1.165, 1.54) is 5.56 Å². The Kier molecular flexibility index (Phi) is 2.43. The van der Waals surface area contributed by atoms with Gasteiger partial charge in [-0.3, -0.25) is 16.3 Å². The first-order valence-electron chi connectivity index (χ1n) is 4.59. The molecule has 0 fully saturated rings. The number of pyridine rings is 1. The number of aryl methyl sites for hydroxylation is 1. The van der Waals surface area contributed by atoms with Crippen molar-refractivity contribution >= 4 is 10.9 Å². The molecule has 0 aliphatic carbocycles. The fourth-order valence-corrected chi connectivity index (χ4v) is 1.50. The van der Waals surface area contributed by atoms with Gasteiger partial charge in [0.2, 0.25) is 0 Å². The van der Waals surface area contributed by atoms with E-state index in [4.69, 9.17) is 5.84 Å². The smallest absolute Gasteiger partial charge is 0.0705 e. The van der Waals surface area contributed by atoms with Gasteiger partial charge in [0.05, 0.1) is 5.52 Å². The highest BCUT2D eigenvalue weighted by atomic mass is 15.2. The molecule has 3 nitrogen and oxygen atoms in total. The van der Waals surface area contributed by atoms with Crippen molar-refractivity contribution in [2.24, 2.45) is 5.84 Å². The number of nitrogens with one attached hydrogen (secondary N) is 1. The number of benzene rings is 1. The monoisotopic (exact) mass is 187 g/mol. The van der Waals surface area contributed by atoms with Crippen LogP contribution in [0.25, 0.3) is 10.9 Å². The molecule has 14 heavy (non-hydrogen) atoms. The number of aromatic nitrogens is 1. The third-order valence-corrected chi connectivity index (χ3v) is 2.20. The van der Waals surface area contributed by atoms with E-state index >= 15 is 0 Å². The molecule has 2 aromatic rings. The summed E-state index contributed by atoms with van der Waals surface area (Å²) in [7, 11) is 0. The van der Waals surface area contributed by atoms with Crippen LogP contribution in [0.1, 0.15) is 11.3 Å². The molecule has 1 heterocycles. The second kappa shape index (κ2) is 3.74. The zero-order valence-electron chi connectivity index (χ0n) is 8.12. The van der Waals surface area contributed by atoms with Crippen LogP contribution >= 0.6 is 0 Å². The molecular formula is C11H13N3. The molecule has 1 aromatic heterocycles. The lowest BCUT2D eigenvalue weighted by Gasteiger charge is -2.02. The number of fused-ring (bicyclic) bond motifs is 1. The predicted molar refractivity (Wildman–Crippen MR) is 57.5 cm³/mol. The number of nitrogens with zero attached hydrogens (tertiary/aromatic N) is 1. The molecule has 0 saturated heterocycles. The number of nitrogens with two attached hydrogens (primary N) is 1. The molecular weight excluding hydrogens is 174 g/mol. The van der Waals surface area contributed by atoms with Crippen LogP contribution in [-0.4, -0.2) is 4.98 Å². The maximum Gasteiger partial charge on any atom is 0.0705 e. The number of hydrazine groups is 1. The molecule has 0 spiro atoms. The van der Waals surface area contributed by atoms with E-state index < -0.39 is 0 Å². The zero-order valence-corrected chi connectivity index (χ0v) is 8.12. The summed E-state index contributed by atoms with van der Waals surface area (Å²) >= 11 is 0. The first kappa shape index (κ1) is 9.12. The molecule has 1 aromatic carbocycles. The molecule has 3 heteroatoms. The third kappa shape index (κ3) is 1.73. The van der Waals surface area contributed by atoms with Crippen LogP contribution in [0, 0.1) is 6.92 Å². The van der Waals surface area contributed by atoms with Gasteiger partial charge in [0.1, 0.15) is 0 Å². The minimum atomic E-state index is 0.684. The molecule has 0 aliphatic rings. The molecule has 2 rings (SSSR count). The molecule has 0 atom stereocenters. The van der Waals surface area contributed by atoms with Gasteiger partial charge < -0.3 is 0 Å². The van der Waals surface area contributed by atoms with E-state index in [0.29, 0.717) is 6.54 Å². The Morgan fingerprint density at radius 3 is 2.93 bits per heavy atom. The first-order chi connectivity index (χ1) is 6.79. The van der Waals surface area contributed by atoms with E-state index in [1.807, 2.05) is 25.1 Å². The summed E-state index contributed by atoms with van der Waals surface area (Å²) in [6, 6.07) is 10.3. The molecule has 72 valence electrons. The SMILES string of the molecule is Cc1ccc2cc(CNN)ccc2n1. The van der Waals surface area contributed by atoms with Gasteiger partial charge in [-0.05, 0) is 30.7 Å². The van der Waals surface area contributed by atoms with Gasteiger partial charge in [-0.2, -0.15) is 0 Å². The summed E-state index contributed by atoms with van der Waals surface area (Å²) in [6.45, 7) is 2.68. The Labute approximate surface area is 82.9 Å². The average Bonchev–Trinajstić information content (AvgIpc) is 2.19. The van der Waals surface area contributed by atoms with Crippen LogP contribution in [0.15, 0.2) is 30.3 Å². The highest BCUT2D eigenvalue weighted by molar-refractivity contribution is 5.79. The van der Waals surface area contributed by atoms with Crippen molar-refractivity contribution in [1.82, 2.24) is 10.4 Å². The topological polar surface area (TPSA) is 50.9 Å². The summed E-state index contributed by atoms with van der Waals surface area (Å²) < 4.78 is 0. The van der Waals surface area contributed by atoms with E-state index in [-0.39, 0.29) is 0 Å². The summed E-state index contributed by atoms with van der Waals surface area (Å²) in [6.07, 6.45) is 0. The van der Waals surface area contributed by atoms with Gasteiger partial charge in [0.25, 0.3) is 0 Å². The van der Waals surface area contributed by atoms with E-state index in [9.17, 15) is 0 Å². The summed E-state index contributed by atoms with van der Waals surface area (Å²) in [5.74, 6) is 5.26. The highest BCUT2D eigenvalue weighted by Gasteiger charge is 1.97. The highest BCUT2D eigenvalue weighted by Crippen LogP contribution is 2.14. The first-order valence-corrected chi connectivity index (χ1v) is 4.59. The molecule has 0 bridgehead atoms. The second-order valence-electron chi connectivity index (χ2n) is 3.36. The molecule has 3 N–H and O–H groups in total. The number of hydrogen-bond donors (Lipinski definition) is 2. The van der Waals surface area contributed by atoms with Crippen molar-refractivity contribution in [1.29, 1.82) is 0 Å². The largest absolute Gasteiger partial charge is 0.271 e. The van der Waals surface area contributed by atoms with Gasteiger partial charge in [0, 0.05) is 17.6 Å². The van der Waals surface area contributed by atoms with Gasteiger partial charge in [-0.25, -0.2) is 0 Å². The predicted octanol–water partition coefficient (Wildman–Crippen LogP) is 1.51. The summed E-state index contributed by atoms with van der Waals surface area (Å²) in [4.78, 5) is 4.43. The van der Waals surface area contributed by atoms with Crippen LogP contribution in [0.2, 0.25) is 0 Å². The zero-order chi connectivity index (χ0) is 9.97. The Hall–Kier alpha value is -1.45. The Bertz CT molecular complexity index is 451. The van der Waals surface area contributed by atoms with Crippen LogP contribution in [0.3, 0.4) is 0 Å². The van der Waals surface area contributed by atoms with Crippen LogP contribution in [0.4, 0.5) is 0 Å². The fraction of sp³-hybridized carbons (Fsp3) is 0.182. The lowest BCUT2D eigenvalue weighted by atomic mass is 10.1. The maximum absolute atomic E-state index is 5.26. The standard InChI is InChI=1S/C11H13N3/c1-8-2-4-10-6-9(7-13-12)3-5-11(10)14-8/h2-6,13H,7,12H2,1H3. The summed E-state index contributed by atoms with van der Waals surface area (Å²) in [5.41, 5.74) is 5.89. The molecule has 0 amide bonds. The normalized spacial score (nSPS) is 10.7. The van der Waals surface area contributed by atoms with E-state index in [2.05, 4.69) is 22.5 Å². The van der Waals surface area contributed by atoms with Crippen molar-refractivity contribution in [3.63, 3.8) is 0 Å². The van der Waals surface area contributed by atoms with Crippen molar-refractivity contribution in [3.8, 4) is 0 Å². The summed E-state index contributed by atoms with van der Waals surface area (Å²) in [5, 5.41) is 1.16. The lowest BCUT2D eigenvalue weighted by Crippen LogP contribution is -2.20. The molecule has 0 unspecified atom stereocenters. The average molecular weight is 187 g/mol. The number of rotatable bonds is 2. The van der Waals surface area contributed by atoms with Gasteiger partial charge in [-0.1, -0.05) is 12.1 Å². The second-order valence-corrected chi connectivity index (χ2v) is 3.36. The number of hydrogen-bond acceptors (Lipinski definition) is 3.